The number of benzene rings is 2. The minimum Gasteiger partial charge on any atom is -0.294 e. The molecule has 1 nitrogen and oxygen atoms in total. The Kier molecular flexibility index (Phi) is 3.82. The van der Waals surface area contributed by atoms with Crippen molar-refractivity contribution in [3.8, 4) is 11.1 Å². The van der Waals surface area contributed by atoms with E-state index in [9.17, 15) is 13.6 Å². The molecule has 0 saturated carbocycles. The molecule has 0 aliphatic heterocycles. The van der Waals surface area contributed by atoms with Gasteiger partial charge in [-0.1, -0.05) is 54.6 Å². The van der Waals surface area contributed by atoms with Crippen LogP contribution in [0.3, 0.4) is 0 Å². The molecule has 0 amide bonds. The molecule has 0 N–H and O–H groups in total. The second-order valence-corrected chi connectivity index (χ2v) is 3.96. The van der Waals surface area contributed by atoms with Gasteiger partial charge in [-0.05, 0) is 11.1 Å². The summed E-state index contributed by atoms with van der Waals surface area (Å²) in [6.45, 7) is 0. The maximum Gasteiger partial charge on any atom is 0.245 e. The van der Waals surface area contributed by atoms with E-state index >= 15 is 0 Å². The number of rotatable bonds is 4. The van der Waals surface area contributed by atoms with Crippen molar-refractivity contribution >= 4 is 5.78 Å². The molecule has 2 rings (SSSR count). The Balaban J connectivity index is 2.18. The van der Waals surface area contributed by atoms with E-state index in [1.807, 2.05) is 30.3 Å². The summed E-state index contributed by atoms with van der Waals surface area (Å²) in [5.74, 6) is -0.524. The Labute approximate surface area is 104 Å². The lowest BCUT2D eigenvalue weighted by Crippen LogP contribution is -2.04. The van der Waals surface area contributed by atoms with E-state index < -0.39 is 18.6 Å². The molecule has 0 saturated heterocycles. The van der Waals surface area contributed by atoms with E-state index in [1.54, 1.807) is 24.3 Å². The largest absolute Gasteiger partial charge is 0.294 e. The Morgan fingerprint density at radius 1 is 0.889 bits per heavy atom. The molecule has 0 heterocycles. The maximum atomic E-state index is 12.1. The van der Waals surface area contributed by atoms with E-state index in [-0.39, 0.29) is 0 Å². The van der Waals surface area contributed by atoms with Crippen LogP contribution in [0, 0.1) is 0 Å². The first kappa shape index (κ1) is 12.4. The predicted octanol–water partition coefficient (Wildman–Crippen LogP) is 4.19. The highest BCUT2D eigenvalue weighted by Gasteiger charge is 2.12. The smallest absolute Gasteiger partial charge is 0.245 e. The molecule has 3 heteroatoms. The highest BCUT2D eigenvalue weighted by atomic mass is 19.3. The number of alkyl halides is 2. The Morgan fingerprint density at radius 2 is 1.44 bits per heavy atom. The van der Waals surface area contributed by atoms with E-state index in [0.29, 0.717) is 5.56 Å². The lowest BCUT2D eigenvalue weighted by atomic mass is 10.0. The number of ketones is 1. The van der Waals surface area contributed by atoms with Gasteiger partial charge in [0.05, 0.1) is 6.42 Å². The van der Waals surface area contributed by atoms with Crippen LogP contribution in [0.4, 0.5) is 8.78 Å². The average molecular weight is 246 g/mol. The van der Waals surface area contributed by atoms with E-state index in [1.165, 1.54) is 0 Å². The second-order valence-electron chi connectivity index (χ2n) is 3.96. The van der Waals surface area contributed by atoms with Gasteiger partial charge in [0.15, 0.2) is 5.78 Å². The fourth-order valence-electron chi connectivity index (χ4n) is 1.74. The summed E-state index contributed by atoms with van der Waals surface area (Å²) in [6, 6.07) is 16.4. The molecule has 0 radical (unpaired) electrons. The maximum absolute atomic E-state index is 12.1. The lowest BCUT2D eigenvalue weighted by molar-refractivity contribution is 0.0829. The third-order valence-electron chi connectivity index (χ3n) is 2.65. The van der Waals surface area contributed by atoms with Gasteiger partial charge in [-0.15, -0.1) is 0 Å². The van der Waals surface area contributed by atoms with Crippen molar-refractivity contribution < 1.29 is 13.6 Å². The summed E-state index contributed by atoms with van der Waals surface area (Å²) in [5.41, 5.74) is 2.32. The van der Waals surface area contributed by atoms with Gasteiger partial charge < -0.3 is 0 Å². The van der Waals surface area contributed by atoms with E-state index in [0.717, 1.165) is 11.1 Å². The van der Waals surface area contributed by atoms with Crippen LogP contribution in [0.1, 0.15) is 16.8 Å². The third kappa shape index (κ3) is 3.00. The van der Waals surface area contributed by atoms with Crippen molar-refractivity contribution in [2.24, 2.45) is 0 Å². The second kappa shape index (κ2) is 5.54. The van der Waals surface area contributed by atoms with Gasteiger partial charge in [-0.25, -0.2) is 8.78 Å². The molecular formula is C15H12F2O. The van der Waals surface area contributed by atoms with Crippen LogP contribution < -0.4 is 0 Å². The van der Waals surface area contributed by atoms with Crippen LogP contribution >= 0.6 is 0 Å². The summed E-state index contributed by atoms with van der Waals surface area (Å²) in [5, 5.41) is 0. The molecule has 0 bridgehead atoms. The van der Waals surface area contributed by atoms with Gasteiger partial charge in [-0.3, -0.25) is 4.79 Å². The number of Topliss-reactive ketones (excluding diaryl/α,β-unsaturated/α-hetero) is 1. The molecule has 0 aliphatic rings. The van der Waals surface area contributed by atoms with E-state index in [4.69, 9.17) is 0 Å². The van der Waals surface area contributed by atoms with Crippen molar-refractivity contribution in [3.05, 3.63) is 60.2 Å². The van der Waals surface area contributed by atoms with Crippen molar-refractivity contribution in [1.29, 1.82) is 0 Å². The number of hydrogen-bond acceptors (Lipinski definition) is 1. The van der Waals surface area contributed by atoms with Crippen LogP contribution in [0.25, 0.3) is 11.1 Å². The zero-order chi connectivity index (χ0) is 13.0. The summed E-state index contributed by atoms with van der Waals surface area (Å²) in [6.07, 6.45) is -3.31. The quantitative estimate of drug-likeness (QED) is 0.739. The molecule has 2 aromatic rings. The third-order valence-corrected chi connectivity index (χ3v) is 2.65. The molecule has 0 unspecified atom stereocenters. The van der Waals surface area contributed by atoms with Gasteiger partial charge in [-0.2, -0.15) is 0 Å². The number of carbonyl (C=O) groups is 1. The predicted molar refractivity (Wildman–Crippen MR) is 66.8 cm³/mol. The summed E-state index contributed by atoms with van der Waals surface area (Å²) in [7, 11) is 0. The molecule has 18 heavy (non-hydrogen) atoms. The Morgan fingerprint density at radius 3 is 2.00 bits per heavy atom. The molecule has 0 aliphatic carbocycles. The van der Waals surface area contributed by atoms with Crippen molar-refractivity contribution in [2.45, 2.75) is 12.8 Å². The molecule has 0 fully saturated rings. The zero-order valence-corrected chi connectivity index (χ0v) is 9.64. The average Bonchev–Trinajstić information content (AvgIpc) is 2.39. The van der Waals surface area contributed by atoms with Gasteiger partial charge in [0.2, 0.25) is 6.43 Å². The molecule has 92 valence electrons. The zero-order valence-electron chi connectivity index (χ0n) is 9.64. The van der Waals surface area contributed by atoms with Crippen LogP contribution in [0.15, 0.2) is 54.6 Å². The van der Waals surface area contributed by atoms with Crippen LogP contribution in [-0.2, 0) is 0 Å². The van der Waals surface area contributed by atoms with Crippen molar-refractivity contribution in [3.63, 3.8) is 0 Å². The molecular weight excluding hydrogens is 234 g/mol. The monoisotopic (exact) mass is 246 g/mol. The SMILES string of the molecule is O=C(CC(F)F)c1ccc(-c2ccccc2)cc1. The summed E-state index contributed by atoms with van der Waals surface area (Å²) >= 11 is 0. The molecule has 0 atom stereocenters. The molecule has 0 spiro atoms. The minimum absolute atomic E-state index is 0.329. The molecule has 0 aromatic heterocycles. The van der Waals surface area contributed by atoms with Crippen LogP contribution in [0.2, 0.25) is 0 Å². The molecule has 2 aromatic carbocycles. The first-order valence-electron chi connectivity index (χ1n) is 5.63. The first-order valence-corrected chi connectivity index (χ1v) is 5.63. The lowest BCUT2D eigenvalue weighted by Gasteiger charge is -2.04. The van der Waals surface area contributed by atoms with Gasteiger partial charge in [0.25, 0.3) is 0 Å². The Bertz CT molecular complexity index is 518. The minimum atomic E-state index is -2.59. The fraction of sp³-hybridized carbons (Fsp3) is 0.133. The number of hydrogen-bond donors (Lipinski definition) is 0. The van der Waals surface area contributed by atoms with Gasteiger partial charge in [0.1, 0.15) is 0 Å². The fourth-order valence-corrected chi connectivity index (χ4v) is 1.74. The van der Waals surface area contributed by atoms with Gasteiger partial charge >= 0.3 is 0 Å². The van der Waals surface area contributed by atoms with Crippen molar-refractivity contribution in [1.82, 2.24) is 0 Å². The summed E-state index contributed by atoms with van der Waals surface area (Å²) in [4.78, 5) is 11.4. The van der Waals surface area contributed by atoms with Gasteiger partial charge in [0, 0.05) is 5.56 Å². The highest BCUT2D eigenvalue weighted by Crippen LogP contribution is 2.20. The standard InChI is InChI=1S/C15H12F2O/c16-15(17)10-14(18)13-8-6-12(7-9-13)11-4-2-1-3-5-11/h1-9,15H,10H2. The number of halogens is 2. The first-order chi connectivity index (χ1) is 8.66. The van der Waals surface area contributed by atoms with E-state index in [2.05, 4.69) is 0 Å². The normalized spacial score (nSPS) is 10.6. The van der Waals surface area contributed by atoms with Crippen molar-refractivity contribution in [2.75, 3.05) is 0 Å². The Hall–Kier alpha value is -2.03. The summed E-state index contributed by atoms with van der Waals surface area (Å²) < 4.78 is 24.2. The number of carbonyl (C=O) groups excluding carboxylic acids is 1. The topological polar surface area (TPSA) is 17.1 Å². The van der Waals surface area contributed by atoms with Crippen LogP contribution in [0.5, 0.6) is 0 Å². The van der Waals surface area contributed by atoms with Crippen LogP contribution in [-0.4, -0.2) is 12.2 Å². The highest BCUT2D eigenvalue weighted by molar-refractivity contribution is 5.96.